The van der Waals surface area contributed by atoms with E-state index in [-0.39, 0.29) is 41.7 Å². The minimum Gasteiger partial charge on any atom is -0.508 e. The number of rotatable bonds is 5. The summed E-state index contributed by atoms with van der Waals surface area (Å²) in [6.45, 7) is 5.62. The number of amides is 2. The summed E-state index contributed by atoms with van der Waals surface area (Å²) in [6.07, 6.45) is 0.172. The largest absolute Gasteiger partial charge is 0.508 e. The number of aliphatic hydroxyl groups excluding tert-OH is 2. The van der Waals surface area contributed by atoms with Crippen molar-refractivity contribution in [1.29, 1.82) is 0 Å². The van der Waals surface area contributed by atoms with E-state index in [1.807, 2.05) is 20.8 Å². The van der Waals surface area contributed by atoms with Crippen LogP contribution in [0.1, 0.15) is 38.3 Å². The Morgan fingerprint density at radius 2 is 1.79 bits per heavy atom. The highest BCUT2D eigenvalue weighted by Crippen LogP contribution is 2.53. The molecule has 4 unspecified atom stereocenters. The van der Waals surface area contributed by atoms with Crippen molar-refractivity contribution in [2.45, 2.75) is 50.8 Å². The van der Waals surface area contributed by atoms with Gasteiger partial charge in [0.25, 0.3) is 5.91 Å². The van der Waals surface area contributed by atoms with E-state index in [1.54, 1.807) is 6.07 Å². The van der Waals surface area contributed by atoms with Crippen LogP contribution < -0.4 is 16.4 Å². The summed E-state index contributed by atoms with van der Waals surface area (Å²) in [5.41, 5.74) is 1.59. The number of benzene rings is 1. The van der Waals surface area contributed by atoms with Gasteiger partial charge in [0, 0.05) is 17.0 Å². The van der Waals surface area contributed by atoms with Crippen molar-refractivity contribution in [2.24, 2.45) is 17.6 Å². The second kappa shape index (κ2) is 9.47. The fourth-order valence-corrected chi connectivity index (χ4v) is 5.86. The van der Waals surface area contributed by atoms with E-state index < -0.39 is 69.7 Å². The Balaban J connectivity index is 1.79. The molecule has 210 valence electrons. The minimum absolute atomic E-state index is 0.00346. The number of phenolic OH excluding ortho intramolecular Hbond substituents is 1. The van der Waals surface area contributed by atoms with Gasteiger partial charge in [0.15, 0.2) is 11.4 Å². The summed E-state index contributed by atoms with van der Waals surface area (Å²) in [6, 6.07) is 1.95. The highest BCUT2D eigenvalue weighted by atomic mass is 16.3. The Hall–Kier alpha value is -3.74. The number of likely N-dealkylation sites (N-methyl/N-ethyl adjacent to an activating group) is 1. The van der Waals surface area contributed by atoms with Crippen molar-refractivity contribution in [3.63, 3.8) is 0 Å². The molecule has 0 aliphatic heterocycles. The topological polar surface area (TPSA) is 203 Å². The van der Waals surface area contributed by atoms with Crippen molar-refractivity contribution in [1.82, 2.24) is 10.2 Å². The highest BCUT2D eigenvalue weighted by molar-refractivity contribution is 6.24. The van der Waals surface area contributed by atoms with E-state index in [9.17, 15) is 39.6 Å². The molecule has 0 saturated heterocycles. The molecule has 12 heteroatoms. The van der Waals surface area contributed by atoms with E-state index in [4.69, 9.17) is 5.73 Å². The number of phenols is 1. The summed E-state index contributed by atoms with van der Waals surface area (Å²) in [5.74, 6) is -7.67. The first-order valence-corrected chi connectivity index (χ1v) is 12.5. The zero-order valence-corrected chi connectivity index (χ0v) is 22.5. The predicted octanol–water partition coefficient (Wildman–Crippen LogP) is 0.291. The number of carbonyl (C=O) groups is 4. The van der Waals surface area contributed by atoms with E-state index in [0.717, 1.165) is 0 Å². The van der Waals surface area contributed by atoms with Gasteiger partial charge in [-0.15, -0.1) is 0 Å². The van der Waals surface area contributed by atoms with Crippen LogP contribution >= 0.6 is 0 Å². The maximum Gasteiger partial charge on any atom is 0.255 e. The number of aliphatic hydroxyl groups is 3. The molecule has 0 radical (unpaired) electrons. The molecular formula is C27H34N4O8. The lowest BCUT2D eigenvalue weighted by atomic mass is 9.57. The highest BCUT2D eigenvalue weighted by Gasteiger charge is 2.64. The second-order valence-corrected chi connectivity index (χ2v) is 11.6. The van der Waals surface area contributed by atoms with Gasteiger partial charge in [-0.05, 0) is 65.3 Å². The number of ketones is 2. The molecule has 4 rings (SSSR count). The number of Topliss-reactive ketones (excluding diaryl/α,β-unsaturated/α-hetero) is 2. The first-order valence-electron chi connectivity index (χ1n) is 12.5. The van der Waals surface area contributed by atoms with Crippen LogP contribution in [0.2, 0.25) is 0 Å². The maximum absolute atomic E-state index is 13.8. The number of hydrogen-bond donors (Lipinski definition) is 7. The zero-order chi connectivity index (χ0) is 29.2. The Morgan fingerprint density at radius 3 is 2.36 bits per heavy atom. The SMILES string of the molecule is CN(C)C1C(=O)C(C(N)=O)=C(O)C2(O)C(=O)C3=C(O)c4c(ccc(NC(=O)CNC(C)(C)C)c4O)CC3CC12. The van der Waals surface area contributed by atoms with Crippen LogP contribution in [0, 0.1) is 11.8 Å². The monoisotopic (exact) mass is 542 g/mol. The van der Waals surface area contributed by atoms with Gasteiger partial charge in [-0.2, -0.15) is 0 Å². The number of hydrogen-bond acceptors (Lipinski definition) is 10. The standard InChI is InChI=1S/C27H34N4O8/c1-26(2,3)29-10-15(32)30-14-7-6-11-8-12-9-13-19(31(4)5)22(35)18(25(28)38)24(37)27(13,39)23(36)17(12)21(34)16(11)20(14)33/h6-7,12-13,19,29,33-34,37,39H,8-10H2,1-5H3,(H2,28,38)(H,30,32). The Kier molecular flexibility index (Phi) is 6.87. The molecule has 2 amide bonds. The predicted molar refractivity (Wildman–Crippen MR) is 141 cm³/mol. The van der Waals surface area contributed by atoms with Crippen LogP contribution in [0.15, 0.2) is 29.0 Å². The average molecular weight is 543 g/mol. The van der Waals surface area contributed by atoms with Crippen molar-refractivity contribution >= 4 is 34.8 Å². The molecule has 1 aromatic rings. The molecule has 1 saturated carbocycles. The number of nitrogens with one attached hydrogen (secondary N) is 2. The van der Waals surface area contributed by atoms with Gasteiger partial charge in [-0.3, -0.25) is 24.1 Å². The Morgan fingerprint density at radius 1 is 1.15 bits per heavy atom. The molecule has 1 fully saturated rings. The quantitative estimate of drug-likeness (QED) is 0.200. The van der Waals surface area contributed by atoms with E-state index in [1.165, 1.54) is 25.1 Å². The number of carbonyl (C=O) groups excluding carboxylic acids is 4. The van der Waals surface area contributed by atoms with E-state index >= 15 is 0 Å². The molecule has 1 aromatic carbocycles. The smallest absolute Gasteiger partial charge is 0.255 e. The number of primary amides is 1. The third kappa shape index (κ3) is 4.48. The summed E-state index contributed by atoms with van der Waals surface area (Å²) in [5, 5.41) is 50.4. The lowest BCUT2D eigenvalue weighted by molar-refractivity contribution is -0.153. The number of aromatic hydroxyl groups is 1. The van der Waals surface area contributed by atoms with Crippen molar-refractivity contribution in [3.05, 3.63) is 40.2 Å². The fraction of sp³-hybridized carbons (Fsp3) is 0.481. The third-order valence-electron chi connectivity index (χ3n) is 7.65. The van der Waals surface area contributed by atoms with Crippen LogP contribution in [0.4, 0.5) is 5.69 Å². The lowest BCUT2D eigenvalue weighted by Crippen LogP contribution is -2.65. The molecule has 0 bridgehead atoms. The lowest BCUT2D eigenvalue weighted by Gasteiger charge is -2.50. The number of anilines is 1. The number of fused-ring (bicyclic) bond motifs is 3. The number of nitrogens with two attached hydrogens (primary N) is 1. The maximum atomic E-state index is 13.8. The van der Waals surface area contributed by atoms with Crippen LogP contribution in [0.3, 0.4) is 0 Å². The van der Waals surface area contributed by atoms with Gasteiger partial charge in [-0.25, -0.2) is 0 Å². The fourth-order valence-electron chi connectivity index (χ4n) is 5.86. The molecular weight excluding hydrogens is 508 g/mol. The normalized spacial score (nSPS) is 26.8. The van der Waals surface area contributed by atoms with Crippen LogP contribution in [-0.4, -0.2) is 86.5 Å². The molecule has 12 nitrogen and oxygen atoms in total. The van der Waals surface area contributed by atoms with Gasteiger partial charge in [-0.1, -0.05) is 6.07 Å². The van der Waals surface area contributed by atoms with Gasteiger partial charge in [0.05, 0.1) is 23.8 Å². The van der Waals surface area contributed by atoms with Gasteiger partial charge in [0.2, 0.25) is 11.7 Å². The summed E-state index contributed by atoms with van der Waals surface area (Å²) >= 11 is 0. The van der Waals surface area contributed by atoms with E-state index in [2.05, 4.69) is 10.6 Å². The van der Waals surface area contributed by atoms with Crippen LogP contribution in [0.5, 0.6) is 5.75 Å². The van der Waals surface area contributed by atoms with Crippen molar-refractivity contribution < 1.29 is 39.6 Å². The van der Waals surface area contributed by atoms with Gasteiger partial charge < -0.3 is 36.8 Å². The molecule has 0 spiro atoms. The first-order chi connectivity index (χ1) is 18.0. The number of nitrogens with zero attached hydrogens (tertiary/aromatic N) is 1. The Bertz CT molecular complexity index is 1360. The zero-order valence-electron chi connectivity index (χ0n) is 22.5. The molecule has 0 heterocycles. The second-order valence-electron chi connectivity index (χ2n) is 11.6. The third-order valence-corrected chi connectivity index (χ3v) is 7.65. The van der Waals surface area contributed by atoms with E-state index in [0.29, 0.717) is 5.56 Å². The molecule has 3 aliphatic rings. The summed E-state index contributed by atoms with van der Waals surface area (Å²) in [4.78, 5) is 52.9. The Labute approximate surface area is 225 Å². The molecule has 3 aliphatic carbocycles. The molecule has 4 atom stereocenters. The summed E-state index contributed by atoms with van der Waals surface area (Å²) < 4.78 is 0. The van der Waals surface area contributed by atoms with Gasteiger partial charge >= 0.3 is 0 Å². The summed E-state index contributed by atoms with van der Waals surface area (Å²) in [7, 11) is 3.08. The molecule has 39 heavy (non-hydrogen) atoms. The van der Waals surface area contributed by atoms with Crippen LogP contribution in [-0.2, 0) is 25.6 Å². The first kappa shape index (κ1) is 28.3. The average Bonchev–Trinajstić information content (AvgIpc) is 2.81. The van der Waals surface area contributed by atoms with Gasteiger partial charge in [0.1, 0.15) is 22.8 Å². The van der Waals surface area contributed by atoms with Crippen LogP contribution in [0.25, 0.3) is 5.76 Å². The molecule has 8 N–H and O–H groups in total. The minimum atomic E-state index is -2.70. The molecule has 0 aromatic heterocycles. The van der Waals surface area contributed by atoms with Crippen molar-refractivity contribution in [2.75, 3.05) is 26.0 Å². The van der Waals surface area contributed by atoms with Crippen molar-refractivity contribution in [3.8, 4) is 5.75 Å².